The van der Waals surface area contributed by atoms with Gasteiger partial charge < -0.3 is 15.7 Å². The minimum absolute atomic E-state index is 0.148. The molecule has 0 unspecified atom stereocenters. The molecule has 5 nitrogen and oxygen atoms in total. The Morgan fingerprint density at radius 2 is 1.19 bits per heavy atom. The standard InChI is InChI=1S/C38H45N3O2/c1-30(38(43,34-18-10-4-11-19-34)35-20-12-5-13-21-35)39-37(42)40-36-24-22-31(23-25-36)26-27-41(28-32-14-6-2-7-15-32)29-33-16-8-3-9-17-33/h2-21,30-31,36,43H,22-29H2,1H3,(H2,39,40,42)/t30-,31-,36-/m0/s1. The van der Waals surface area contributed by atoms with Gasteiger partial charge in [-0.15, -0.1) is 0 Å². The van der Waals surface area contributed by atoms with E-state index in [-0.39, 0.29) is 12.1 Å². The number of amides is 2. The summed E-state index contributed by atoms with van der Waals surface area (Å²) in [5.74, 6) is 0.662. The second kappa shape index (κ2) is 15.0. The highest BCUT2D eigenvalue weighted by atomic mass is 16.3. The maximum absolute atomic E-state index is 13.1. The number of carbonyl (C=O) groups excluding carboxylic acids is 1. The van der Waals surface area contributed by atoms with Gasteiger partial charge in [0, 0.05) is 19.1 Å². The Bertz CT molecular complexity index is 1290. The molecule has 0 spiro atoms. The van der Waals surface area contributed by atoms with Gasteiger partial charge in [0.25, 0.3) is 0 Å². The van der Waals surface area contributed by atoms with Gasteiger partial charge in [-0.3, -0.25) is 4.90 Å². The molecule has 0 saturated heterocycles. The first-order chi connectivity index (χ1) is 21.0. The SMILES string of the molecule is C[C@H](NC(=O)N[C@H]1CC[C@H](CCN(Cc2ccccc2)Cc2ccccc2)CC1)C(O)(c1ccccc1)c1ccccc1. The Kier molecular flexibility index (Phi) is 10.6. The summed E-state index contributed by atoms with van der Waals surface area (Å²) in [5.41, 5.74) is 2.85. The van der Waals surface area contributed by atoms with Gasteiger partial charge in [0.05, 0.1) is 6.04 Å². The zero-order chi connectivity index (χ0) is 29.9. The highest BCUT2D eigenvalue weighted by Gasteiger charge is 2.38. The lowest BCUT2D eigenvalue weighted by Crippen LogP contribution is -2.54. The van der Waals surface area contributed by atoms with E-state index in [4.69, 9.17) is 0 Å². The van der Waals surface area contributed by atoms with Crippen LogP contribution in [0.4, 0.5) is 4.79 Å². The average Bonchev–Trinajstić information content (AvgIpc) is 3.05. The predicted octanol–water partition coefficient (Wildman–Crippen LogP) is 7.26. The van der Waals surface area contributed by atoms with Crippen LogP contribution in [0.15, 0.2) is 121 Å². The zero-order valence-corrected chi connectivity index (χ0v) is 25.2. The number of aliphatic hydroxyl groups is 1. The van der Waals surface area contributed by atoms with E-state index in [0.29, 0.717) is 5.92 Å². The first-order valence-corrected chi connectivity index (χ1v) is 15.7. The van der Waals surface area contributed by atoms with Crippen molar-refractivity contribution in [3.05, 3.63) is 144 Å². The summed E-state index contributed by atoms with van der Waals surface area (Å²) in [6.07, 6.45) is 5.35. The van der Waals surface area contributed by atoms with Gasteiger partial charge in [-0.1, -0.05) is 121 Å². The monoisotopic (exact) mass is 575 g/mol. The van der Waals surface area contributed by atoms with Crippen LogP contribution in [0, 0.1) is 5.92 Å². The van der Waals surface area contributed by atoms with Gasteiger partial charge in [-0.05, 0) is 73.7 Å². The van der Waals surface area contributed by atoms with Crippen molar-refractivity contribution in [1.29, 1.82) is 0 Å². The van der Waals surface area contributed by atoms with E-state index in [1.54, 1.807) is 0 Å². The molecule has 5 rings (SSSR count). The van der Waals surface area contributed by atoms with E-state index >= 15 is 0 Å². The molecule has 2 amide bonds. The summed E-state index contributed by atoms with van der Waals surface area (Å²) in [7, 11) is 0. The first-order valence-electron chi connectivity index (χ1n) is 15.7. The minimum Gasteiger partial charge on any atom is -0.378 e. The number of urea groups is 1. The molecule has 0 radical (unpaired) electrons. The molecule has 0 aliphatic heterocycles. The van der Waals surface area contributed by atoms with Crippen molar-refractivity contribution in [2.24, 2.45) is 5.92 Å². The van der Waals surface area contributed by atoms with E-state index < -0.39 is 11.6 Å². The lowest BCUT2D eigenvalue weighted by atomic mass is 9.81. The molecular formula is C38H45N3O2. The molecule has 224 valence electrons. The van der Waals surface area contributed by atoms with Crippen molar-refractivity contribution in [2.45, 2.75) is 69.8 Å². The number of carbonyl (C=O) groups is 1. The molecule has 0 heterocycles. The Balaban J connectivity index is 1.12. The van der Waals surface area contributed by atoms with Crippen LogP contribution in [0.25, 0.3) is 0 Å². The van der Waals surface area contributed by atoms with Crippen LogP contribution < -0.4 is 10.6 Å². The number of benzene rings is 4. The summed E-state index contributed by atoms with van der Waals surface area (Å²) in [5, 5.41) is 18.2. The van der Waals surface area contributed by atoms with E-state index in [1.165, 1.54) is 11.1 Å². The maximum atomic E-state index is 13.1. The zero-order valence-electron chi connectivity index (χ0n) is 25.2. The fraction of sp³-hybridized carbons (Fsp3) is 0.342. The molecule has 1 aliphatic rings. The smallest absolute Gasteiger partial charge is 0.315 e. The van der Waals surface area contributed by atoms with Crippen LogP contribution in [0.3, 0.4) is 0 Å². The third-order valence-electron chi connectivity index (χ3n) is 8.94. The normalized spacial score (nSPS) is 17.7. The van der Waals surface area contributed by atoms with Gasteiger partial charge >= 0.3 is 6.03 Å². The largest absolute Gasteiger partial charge is 0.378 e. The average molecular weight is 576 g/mol. The molecule has 4 aromatic rings. The molecule has 0 aromatic heterocycles. The quantitative estimate of drug-likeness (QED) is 0.167. The van der Waals surface area contributed by atoms with Crippen LogP contribution in [0.1, 0.15) is 61.3 Å². The third kappa shape index (κ3) is 8.34. The highest BCUT2D eigenvalue weighted by molar-refractivity contribution is 5.75. The van der Waals surface area contributed by atoms with Gasteiger partial charge in [0.1, 0.15) is 5.60 Å². The molecule has 1 atom stereocenters. The van der Waals surface area contributed by atoms with E-state index in [1.807, 2.05) is 67.6 Å². The summed E-state index contributed by atoms with van der Waals surface area (Å²) in [6.45, 7) is 4.82. The Labute approximate surface area is 257 Å². The van der Waals surface area contributed by atoms with E-state index in [9.17, 15) is 9.90 Å². The second-order valence-electron chi connectivity index (χ2n) is 12.0. The Morgan fingerprint density at radius 1 is 0.744 bits per heavy atom. The molecule has 4 aromatic carbocycles. The third-order valence-corrected chi connectivity index (χ3v) is 8.94. The van der Waals surface area contributed by atoms with Gasteiger partial charge in [-0.2, -0.15) is 0 Å². The molecule has 43 heavy (non-hydrogen) atoms. The molecular weight excluding hydrogens is 530 g/mol. The minimum atomic E-state index is -1.34. The van der Waals surface area contributed by atoms with Crippen LogP contribution >= 0.6 is 0 Å². The lowest BCUT2D eigenvalue weighted by Gasteiger charge is -2.36. The Hall–Kier alpha value is -3.93. The van der Waals surface area contributed by atoms with Gasteiger partial charge in [0.2, 0.25) is 0 Å². The molecule has 5 heteroatoms. The fourth-order valence-electron chi connectivity index (χ4n) is 6.44. The van der Waals surface area contributed by atoms with Crippen molar-refractivity contribution in [3.8, 4) is 0 Å². The lowest BCUT2D eigenvalue weighted by molar-refractivity contribution is 0.0470. The van der Waals surface area contributed by atoms with Crippen molar-refractivity contribution in [3.63, 3.8) is 0 Å². The number of hydrogen-bond acceptors (Lipinski definition) is 3. The predicted molar refractivity (Wildman–Crippen MR) is 174 cm³/mol. The number of nitrogens with zero attached hydrogens (tertiary/aromatic N) is 1. The number of hydrogen-bond donors (Lipinski definition) is 3. The second-order valence-corrected chi connectivity index (χ2v) is 12.0. The van der Waals surface area contributed by atoms with Crippen LogP contribution in [-0.2, 0) is 18.7 Å². The highest BCUT2D eigenvalue weighted by Crippen LogP contribution is 2.33. The summed E-state index contributed by atoms with van der Waals surface area (Å²) >= 11 is 0. The number of rotatable bonds is 12. The molecule has 1 aliphatic carbocycles. The molecule has 1 fully saturated rings. The molecule has 1 saturated carbocycles. The fourth-order valence-corrected chi connectivity index (χ4v) is 6.44. The summed E-state index contributed by atoms with van der Waals surface area (Å²) in [4.78, 5) is 15.7. The van der Waals surface area contributed by atoms with E-state index in [2.05, 4.69) is 76.2 Å². The van der Waals surface area contributed by atoms with Gasteiger partial charge in [-0.25, -0.2) is 4.79 Å². The topological polar surface area (TPSA) is 64.6 Å². The van der Waals surface area contributed by atoms with Crippen molar-refractivity contribution >= 4 is 6.03 Å². The summed E-state index contributed by atoms with van der Waals surface area (Å²) in [6, 6.07) is 40.0. The van der Waals surface area contributed by atoms with Crippen LogP contribution in [0.2, 0.25) is 0 Å². The Morgan fingerprint density at radius 3 is 1.65 bits per heavy atom. The van der Waals surface area contributed by atoms with Crippen molar-refractivity contribution < 1.29 is 9.90 Å². The maximum Gasteiger partial charge on any atom is 0.315 e. The van der Waals surface area contributed by atoms with E-state index in [0.717, 1.165) is 62.9 Å². The van der Waals surface area contributed by atoms with Crippen LogP contribution in [-0.4, -0.2) is 34.7 Å². The van der Waals surface area contributed by atoms with Gasteiger partial charge in [0.15, 0.2) is 0 Å². The molecule has 0 bridgehead atoms. The molecule has 3 N–H and O–H groups in total. The van der Waals surface area contributed by atoms with Crippen molar-refractivity contribution in [1.82, 2.24) is 15.5 Å². The summed E-state index contributed by atoms with van der Waals surface area (Å²) < 4.78 is 0. The first kappa shape index (κ1) is 30.5. The van der Waals surface area contributed by atoms with Crippen LogP contribution in [0.5, 0.6) is 0 Å². The van der Waals surface area contributed by atoms with Crippen molar-refractivity contribution in [2.75, 3.05) is 6.54 Å². The number of nitrogens with one attached hydrogen (secondary N) is 2.